The molecule has 0 radical (unpaired) electrons. The van der Waals surface area contributed by atoms with Crippen molar-refractivity contribution in [3.63, 3.8) is 0 Å². The van der Waals surface area contributed by atoms with Crippen molar-refractivity contribution in [1.29, 1.82) is 0 Å². The molecule has 0 heterocycles. The molecule has 60 heavy (non-hydrogen) atoms. The number of allylic oxidation sites excluding steroid dienone is 4. The van der Waals surface area contributed by atoms with Gasteiger partial charge in [0.2, 0.25) is 0 Å². The Bertz CT molecular complexity index is 1560. The quantitative estimate of drug-likeness (QED) is 0.204. The summed E-state index contributed by atoms with van der Waals surface area (Å²) in [6.07, 6.45) is 33.8. The zero-order valence-corrected chi connectivity index (χ0v) is 41.7. The fraction of sp³-hybridized carbons (Fsp3) is 0.897. The molecule has 2 heteroatoms. The van der Waals surface area contributed by atoms with Crippen LogP contribution < -0.4 is 0 Å². The lowest BCUT2D eigenvalue weighted by Gasteiger charge is -2.58. The molecule has 8 aliphatic rings. The number of aliphatic hydroxyl groups excluding tert-OH is 2. The molecule has 0 spiro atoms. The van der Waals surface area contributed by atoms with E-state index in [9.17, 15) is 10.2 Å². The Morgan fingerprint density at radius 1 is 0.600 bits per heavy atom. The maximum Gasteiger partial charge on any atom is 0.0577 e. The fourth-order valence-electron chi connectivity index (χ4n) is 18.3. The second kappa shape index (κ2) is 18.6. The number of hydrogen-bond acceptors (Lipinski definition) is 2. The first-order valence-electron chi connectivity index (χ1n) is 26.8. The molecule has 0 saturated heterocycles. The molecule has 8 aliphatic carbocycles. The highest BCUT2D eigenvalue weighted by atomic mass is 16.3. The van der Waals surface area contributed by atoms with E-state index in [4.69, 9.17) is 0 Å². The van der Waals surface area contributed by atoms with E-state index in [-0.39, 0.29) is 12.2 Å². The second-order valence-electron chi connectivity index (χ2n) is 25.2. The van der Waals surface area contributed by atoms with Gasteiger partial charge in [-0.2, -0.15) is 0 Å². The topological polar surface area (TPSA) is 40.5 Å². The zero-order chi connectivity index (χ0) is 43.4. The first kappa shape index (κ1) is 47.1. The largest absolute Gasteiger partial charge is 0.393 e. The van der Waals surface area contributed by atoms with E-state index in [1.54, 1.807) is 22.3 Å². The molecule has 6 fully saturated rings. The molecule has 17 atom stereocenters. The minimum Gasteiger partial charge on any atom is -0.393 e. The molecule has 17 unspecified atom stereocenters. The van der Waals surface area contributed by atoms with E-state index in [1.165, 1.54) is 116 Å². The maximum atomic E-state index is 10.2. The van der Waals surface area contributed by atoms with Gasteiger partial charge in [0.25, 0.3) is 0 Å². The van der Waals surface area contributed by atoms with E-state index in [1.807, 2.05) is 0 Å². The summed E-state index contributed by atoms with van der Waals surface area (Å²) in [7, 11) is 0. The van der Waals surface area contributed by atoms with Crippen molar-refractivity contribution in [3.05, 3.63) is 34.4 Å². The van der Waals surface area contributed by atoms with Gasteiger partial charge in [0.15, 0.2) is 0 Å². The minimum absolute atomic E-state index is 0.0794. The molecule has 2 N–H and O–H groups in total. The predicted octanol–water partition coefficient (Wildman–Crippen LogP) is 16.1. The van der Waals surface area contributed by atoms with Crippen molar-refractivity contribution in [2.24, 2.45) is 92.7 Å². The lowest BCUT2D eigenvalue weighted by atomic mass is 9.47. The van der Waals surface area contributed by atoms with Gasteiger partial charge in [0.05, 0.1) is 12.2 Å². The summed E-state index contributed by atoms with van der Waals surface area (Å²) in [5.41, 5.74) is 8.39. The molecule has 8 rings (SSSR count). The predicted molar refractivity (Wildman–Crippen MR) is 256 cm³/mol. The molecule has 6 saturated carbocycles. The number of hydrogen-bond donors (Lipinski definition) is 2. The Morgan fingerprint density at radius 2 is 1.07 bits per heavy atom. The Kier molecular flexibility index (Phi) is 14.6. The van der Waals surface area contributed by atoms with Crippen LogP contribution in [-0.4, -0.2) is 22.4 Å². The summed E-state index contributed by atoms with van der Waals surface area (Å²) in [4.78, 5) is 0. The number of aliphatic hydroxyl groups is 2. The molecular weight excluding hydrogens is 729 g/mol. The summed E-state index contributed by atoms with van der Waals surface area (Å²) in [5, 5.41) is 20.5. The van der Waals surface area contributed by atoms with Crippen molar-refractivity contribution in [1.82, 2.24) is 0 Å². The van der Waals surface area contributed by atoms with Gasteiger partial charge >= 0.3 is 0 Å². The highest BCUT2D eigenvalue weighted by molar-refractivity contribution is 5.27. The van der Waals surface area contributed by atoms with Crippen LogP contribution in [0.25, 0.3) is 0 Å². The van der Waals surface area contributed by atoms with Crippen molar-refractivity contribution >= 4 is 0 Å². The Balaban J connectivity index is 0.000000181. The summed E-state index contributed by atoms with van der Waals surface area (Å²) in [5.74, 6) is 10.8. The van der Waals surface area contributed by atoms with Gasteiger partial charge in [-0.05, 0) is 235 Å². The molecule has 0 amide bonds. The average Bonchev–Trinajstić information content (AvgIpc) is 3.75. The third-order valence-electron chi connectivity index (χ3n) is 22.2. The zero-order valence-electron chi connectivity index (χ0n) is 41.7. The van der Waals surface area contributed by atoms with Crippen LogP contribution in [0.3, 0.4) is 0 Å². The van der Waals surface area contributed by atoms with Gasteiger partial charge in [-0.3, -0.25) is 0 Å². The van der Waals surface area contributed by atoms with Crippen molar-refractivity contribution in [2.75, 3.05) is 0 Å². The average molecular weight is 827 g/mol. The van der Waals surface area contributed by atoms with Gasteiger partial charge in [0, 0.05) is 0 Å². The van der Waals surface area contributed by atoms with Crippen LogP contribution in [0, 0.1) is 92.7 Å². The smallest absolute Gasteiger partial charge is 0.0577 e. The van der Waals surface area contributed by atoms with E-state index in [0.29, 0.717) is 21.7 Å². The van der Waals surface area contributed by atoms with Gasteiger partial charge in [-0.15, -0.1) is 0 Å². The number of fused-ring (bicyclic) bond motifs is 10. The third-order valence-corrected chi connectivity index (χ3v) is 22.2. The van der Waals surface area contributed by atoms with Crippen LogP contribution >= 0.6 is 0 Å². The highest BCUT2D eigenvalue weighted by Crippen LogP contribution is 2.69. The molecule has 0 bridgehead atoms. The van der Waals surface area contributed by atoms with Gasteiger partial charge in [0.1, 0.15) is 0 Å². The van der Waals surface area contributed by atoms with E-state index >= 15 is 0 Å². The van der Waals surface area contributed by atoms with Crippen LogP contribution in [0.5, 0.6) is 0 Å². The summed E-state index contributed by atoms with van der Waals surface area (Å²) in [6, 6.07) is 0. The molecular formula is C58H98O2. The Hall–Kier alpha value is -0.860. The first-order chi connectivity index (χ1) is 28.4. The first-order valence-corrected chi connectivity index (χ1v) is 26.8. The summed E-state index contributed by atoms with van der Waals surface area (Å²) < 4.78 is 0. The van der Waals surface area contributed by atoms with Crippen LogP contribution in [0.1, 0.15) is 224 Å². The third kappa shape index (κ3) is 8.55. The molecule has 0 aromatic heterocycles. The summed E-state index contributed by atoms with van der Waals surface area (Å²) >= 11 is 0. The van der Waals surface area contributed by atoms with Crippen molar-refractivity contribution in [3.8, 4) is 0 Å². The standard InChI is InChI=1S/C29H50O.C29H48O/c2*1-7-21(19(2)3)9-8-20(4)25-12-13-26-24-11-10-22-18-23(30)14-16-28(22,5)27(24)15-17-29(25,26)6/h10,19-21,23-27,30H,7-9,11-18H2,1-6H3;10,20,23-27,30H,7-9,11-18H2,1-6H3. The Labute approximate surface area is 372 Å². The van der Waals surface area contributed by atoms with Crippen molar-refractivity contribution < 1.29 is 10.2 Å². The minimum atomic E-state index is -0.0831. The van der Waals surface area contributed by atoms with Crippen LogP contribution in [0.2, 0.25) is 0 Å². The molecule has 2 nitrogen and oxygen atoms in total. The molecule has 0 aromatic rings. The van der Waals surface area contributed by atoms with Crippen LogP contribution in [-0.2, 0) is 0 Å². The second-order valence-corrected chi connectivity index (χ2v) is 25.2. The lowest BCUT2D eigenvalue weighted by molar-refractivity contribution is -0.0575. The van der Waals surface area contributed by atoms with Crippen molar-refractivity contribution in [2.45, 2.75) is 237 Å². The lowest BCUT2D eigenvalue weighted by Crippen LogP contribution is -2.50. The monoisotopic (exact) mass is 827 g/mol. The molecule has 0 aliphatic heterocycles. The van der Waals surface area contributed by atoms with Crippen LogP contribution in [0.15, 0.2) is 34.4 Å². The van der Waals surface area contributed by atoms with Gasteiger partial charge in [-0.1, -0.05) is 117 Å². The number of rotatable bonds is 11. The van der Waals surface area contributed by atoms with E-state index in [2.05, 4.69) is 95.2 Å². The Morgan fingerprint density at radius 3 is 1.48 bits per heavy atom. The maximum absolute atomic E-state index is 10.2. The SMILES string of the molecule is CCC(CCC(C)C1CCC2C3CC=C4CC(O)CCC4(C)C3CCC12C)=C(C)C.CCC(CCC(C)C1CCC2C3CC=C4CC(O)CCC4(C)C3CCC12C)C(C)C. The van der Waals surface area contributed by atoms with E-state index in [0.717, 1.165) is 96.7 Å². The van der Waals surface area contributed by atoms with Gasteiger partial charge < -0.3 is 10.2 Å². The molecule has 342 valence electrons. The van der Waals surface area contributed by atoms with Gasteiger partial charge in [-0.25, -0.2) is 0 Å². The van der Waals surface area contributed by atoms with Crippen LogP contribution in [0.4, 0.5) is 0 Å². The highest BCUT2D eigenvalue weighted by Gasteiger charge is 2.61. The molecule has 0 aromatic carbocycles. The normalized spacial score (nSPS) is 44.6. The fourth-order valence-corrected chi connectivity index (χ4v) is 18.3. The van der Waals surface area contributed by atoms with E-state index < -0.39 is 0 Å². The summed E-state index contributed by atoms with van der Waals surface area (Å²) in [6.45, 7) is 29.8.